The molecule has 2 atom stereocenters. The Kier molecular flexibility index (Phi) is 5.14. The van der Waals surface area contributed by atoms with Gasteiger partial charge in [0.1, 0.15) is 0 Å². The third kappa shape index (κ3) is 4.13. The SMILES string of the molecule is O=C(Nc1ccc(CCl)cc1)C1CCCCC1C(F)(F)F. The predicted octanol–water partition coefficient (Wildman–Crippen LogP) is 4.73. The zero-order valence-corrected chi connectivity index (χ0v) is 12.2. The lowest BCUT2D eigenvalue weighted by atomic mass is 9.78. The summed E-state index contributed by atoms with van der Waals surface area (Å²) in [6.07, 6.45) is -2.80. The van der Waals surface area contributed by atoms with Crippen molar-refractivity contribution >= 4 is 23.2 Å². The molecule has 0 bridgehead atoms. The zero-order valence-electron chi connectivity index (χ0n) is 11.4. The molecular weight excluding hydrogens is 303 g/mol. The summed E-state index contributed by atoms with van der Waals surface area (Å²) < 4.78 is 39.0. The Bertz CT molecular complexity index is 487. The molecule has 21 heavy (non-hydrogen) atoms. The molecule has 0 aliphatic heterocycles. The number of amides is 1. The second-order valence-electron chi connectivity index (χ2n) is 5.36. The van der Waals surface area contributed by atoms with Crippen molar-refractivity contribution in [3.63, 3.8) is 0 Å². The maximum absolute atomic E-state index is 13.0. The quantitative estimate of drug-likeness (QED) is 0.802. The van der Waals surface area contributed by atoms with E-state index in [0.29, 0.717) is 24.4 Å². The van der Waals surface area contributed by atoms with E-state index in [9.17, 15) is 18.0 Å². The van der Waals surface area contributed by atoms with Crippen LogP contribution in [0.25, 0.3) is 0 Å². The van der Waals surface area contributed by atoms with Crippen LogP contribution in [0.3, 0.4) is 0 Å². The van der Waals surface area contributed by atoms with Gasteiger partial charge in [0.05, 0.1) is 5.92 Å². The molecule has 1 N–H and O–H groups in total. The first-order chi connectivity index (χ1) is 9.91. The Labute approximate surface area is 126 Å². The molecule has 1 amide bonds. The predicted molar refractivity (Wildman–Crippen MR) is 76.1 cm³/mol. The fraction of sp³-hybridized carbons (Fsp3) is 0.533. The molecule has 1 aromatic carbocycles. The summed E-state index contributed by atoms with van der Waals surface area (Å²) in [5.41, 5.74) is 1.39. The average Bonchev–Trinajstić information content (AvgIpc) is 2.47. The number of benzene rings is 1. The van der Waals surface area contributed by atoms with Crippen LogP contribution in [0.2, 0.25) is 0 Å². The van der Waals surface area contributed by atoms with Crippen LogP contribution in [0.5, 0.6) is 0 Å². The van der Waals surface area contributed by atoms with Crippen LogP contribution < -0.4 is 5.32 Å². The van der Waals surface area contributed by atoms with Gasteiger partial charge in [-0.3, -0.25) is 4.79 Å². The first-order valence-electron chi connectivity index (χ1n) is 6.94. The highest BCUT2D eigenvalue weighted by molar-refractivity contribution is 6.17. The molecule has 0 radical (unpaired) electrons. The van der Waals surface area contributed by atoms with Crippen molar-refractivity contribution in [1.82, 2.24) is 0 Å². The van der Waals surface area contributed by atoms with Gasteiger partial charge in [0.2, 0.25) is 5.91 Å². The van der Waals surface area contributed by atoms with Crippen molar-refractivity contribution in [3.8, 4) is 0 Å². The largest absolute Gasteiger partial charge is 0.392 e. The molecule has 0 spiro atoms. The lowest BCUT2D eigenvalue weighted by Crippen LogP contribution is -2.39. The highest BCUT2D eigenvalue weighted by Gasteiger charge is 2.47. The maximum Gasteiger partial charge on any atom is 0.392 e. The van der Waals surface area contributed by atoms with Crippen molar-refractivity contribution < 1.29 is 18.0 Å². The van der Waals surface area contributed by atoms with Crippen LogP contribution in [-0.4, -0.2) is 12.1 Å². The smallest absolute Gasteiger partial charge is 0.326 e. The molecule has 6 heteroatoms. The van der Waals surface area contributed by atoms with E-state index in [-0.39, 0.29) is 12.8 Å². The van der Waals surface area contributed by atoms with Gasteiger partial charge in [0, 0.05) is 17.5 Å². The van der Waals surface area contributed by atoms with E-state index in [1.165, 1.54) is 0 Å². The van der Waals surface area contributed by atoms with Gasteiger partial charge in [-0.1, -0.05) is 25.0 Å². The van der Waals surface area contributed by atoms with Crippen molar-refractivity contribution in [1.29, 1.82) is 0 Å². The molecule has 2 rings (SSSR count). The lowest BCUT2D eigenvalue weighted by molar-refractivity contribution is -0.197. The molecule has 0 heterocycles. The minimum Gasteiger partial charge on any atom is -0.326 e. The van der Waals surface area contributed by atoms with Crippen LogP contribution >= 0.6 is 11.6 Å². The number of anilines is 1. The van der Waals surface area contributed by atoms with Crippen LogP contribution in [0, 0.1) is 11.8 Å². The molecule has 1 aliphatic rings. The summed E-state index contributed by atoms with van der Waals surface area (Å²) >= 11 is 5.66. The number of nitrogens with one attached hydrogen (secondary N) is 1. The normalized spacial score (nSPS) is 22.9. The van der Waals surface area contributed by atoms with Gasteiger partial charge in [-0.15, -0.1) is 11.6 Å². The van der Waals surface area contributed by atoms with Crippen molar-refractivity contribution in [2.24, 2.45) is 11.8 Å². The summed E-state index contributed by atoms with van der Waals surface area (Å²) in [6.45, 7) is 0. The van der Waals surface area contributed by atoms with E-state index < -0.39 is 23.9 Å². The summed E-state index contributed by atoms with van der Waals surface area (Å²) in [6, 6.07) is 6.79. The third-order valence-electron chi connectivity index (χ3n) is 3.90. The van der Waals surface area contributed by atoms with Gasteiger partial charge < -0.3 is 5.32 Å². The highest BCUT2D eigenvalue weighted by Crippen LogP contribution is 2.41. The molecule has 0 aromatic heterocycles. The Hall–Kier alpha value is -1.23. The van der Waals surface area contributed by atoms with E-state index in [1.54, 1.807) is 24.3 Å². The Balaban J connectivity index is 2.06. The second kappa shape index (κ2) is 6.69. The van der Waals surface area contributed by atoms with Crippen LogP contribution in [-0.2, 0) is 10.7 Å². The first kappa shape index (κ1) is 16.1. The lowest BCUT2D eigenvalue weighted by Gasteiger charge is -2.32. The number of carbonyl (C=O) groups is 1. The van der Waals surface area contributed by atoms with E-state index in [0.717, 1.165) is 5.56 Å². The summed E-state index contributed by atoms with van der Waals surface area (Å²) in [4.78, 5) is 12.1. The van der Waals surface area contributed by atoms with Gasteiger partial charge >= 0.3 is 6.18 Å². The Morgan fingerprint density at radius 3 is 2.38 bits per heavy atom. The summed E-state index contributed by atoms with van der Waals surface area (Å²) in [5, 5.41) is 2.58. The summed E-state index contributed by atoms with van der Waals surface area (Å²) in [5.74, 6) is -2.72. The maximum atomic E-state index is 13.0. The van der Waals surface area contributed by atoms with Gasteiger partial charge in [-0.25, -0.2) is 0 Å². The number of rotatable bonds is 3. The summed E-state index contributed by atoms with van der Waals surface area (Å²) in [7, 11) is 0. The molecule has 2 unspecified atom stereocenters. The van der Waals surface area contributed by atoms with Crippen molar-refractivity contribution in [2.45, 2.75) is 37.7 Å². The number of carbonyl (C=O) groups excluding carboxylic acids is 1. The molecular formula is C15H17ClF3NO. The number of hydrogen-bond acceptors (Lipinski definition) is 1. The first-order valence-corrected chi connectivity index (χ1v) is 7.47. The molecule has 2 nitrogen and oxygen atoms in total. The standard InChI is InChI=1S/C15H17ClF3NO/c16-9-10-5-7-11(8-6-10)20-14(21)12-3-1-2-4-13(12)15(17,18)19/h5-8,12-13H,1-4,9H2,(H,20,21). The van der Waals surface area contributed by atoms with Crippen LogP contribution in [0.1, 0.15) is 31.2 Å². The number of alkyl halides is 4. The monoisotopic (exact) mass is 319 g/mol. The second-order valence-corrected chi connectivity index (χ2v) is 5.63. The molecule has 116 valence electrons. The number of hydrogen-bond donors (Lipinski definition) is 1. The highest BCUT2D eigenvalue weighted by atomic mass is 35.5. The number of halogens is 4. The van der Waals surface area contributed by atoms with Gasteiger partial charge in [-0.05, 0) is 30.5 Å². The molecule has 1 fully saturated rings. The molecule has 0 saturated heterocycles. The fourth-order valence-electron chi connectivity index (χ4n) is 2.75. The van der Waals surface area contributed by atoms with Crippen molar-refractivity contribution in [3.05, 3.63) is 29.8 Å². The third-order valence-corrected chi connectivity index (χ3v) is 4.21. The minimum atomic E-state index is -4.31. The zero-order chi connectivity index (χ0) is 15.5. The van der Waals surface area contributed by atoms with Crippen LogP contribution in [0.4, 0.5) is 18.9 Å². The molecule has 1 aromatic rings. The molecule has 1 aliphatic carbocycles. The average molecular weight is 320 g/mol. The van der Waals surface area contributed by atoms with Gasteiger partial charge in [0.15, 0.2) is 0 Å². The van der Waals surface area contributed by atoms with E-state index >= 15 is 0 Å². The van der Waals surface area contributed by atoms with E-state index in [4.69, 9.17) is 11.6 Å². The molecule has 1 saturated carbocycles. The minimum absolute atomic E-state index is 0.0345. The van der Waals surface area contributed by atoms with Gasteiger partial charge in [-0.2, -0.15) is 13.2 Å². The van der Waals surface area contributed by atoms with Crippen molar-refractivity contribution in [2.75, 3.05) is 5.32 Å². The van der Waals surface area contributed by atoms with E-state index in [1.807, 2.05) is 0 Å². The van der Waals surface area contributed by atoms with Crippen LogP contribution in [0.15, 0.2) is 24.3 Å². The topological polar surface area (TPSA) is 29.1 Å². The fourth-order valence-corrected chi connectivity index (χ4v) is 2.93. The Morgan fingerprint density at radius 2 is 1.81 bits per heavy atom. The van der Waals surface area contributed by atoms with E-state index in [2.05, 4.69) is 5.32 Å². The Morgan fingerprint density at radius 1 is 1.19 bits per heavy atom. The van der Waals surface area contributed by atoms with Gasteiger partial charge in [0.25, 0.3) is 0 Å².